The van der Waals surface area contributed by atoms with Crippen LogP contribution >= 0.6 is 0 Å². The van der Waals surface area contributed by atoms with Crippen LogP contribution in [0.1, 0.15) is 25.0 Å². The van der Waals surface area contributed by atoms with Crippen molar-refractivity contribution in [2.45, 2.75) is 27.2 Å². The molecule has 0 unspecified atom stereocenters. The first kappa shape index (κ1) is 17.3. The maximum atomic E-state index is 11.8. The maximum Gasteiger partial charge on any atom is 0.350 e. The van der Waals surface area contributed by atoms with Gasteiger partial charge in [0.15, 0.2) is 5.57 Å². The Balaban J connectivity index is 3.34. The molecule has 1 aromatic rings. The molecule has 0 aliphatic carbocycles. The monoisotopic (exact) mass is 296 g/mol. The van der Waals surface area contributed by atoms with Gasteiger partial charge in [-0.15, -0.1) is 6.42 Å². The van der Waals surface area contributed by atoms with Gasteiger partial charge in [0.1, 0.15) is 6.07 Å². The fraction of sp³-hybridized carbons (Fsp3) is 0.333. The van der Waals surface area contributed by atoms with Crippen LogP contribution in [0.5, 0.6) is 0 Å². The number of carbonyl (C=O) groups excluding carboxylic acids is 1. The van der Waals surface area contributed by atoms with Crippen molar-refractivity contribution in [3.8, 4) is 18.4 Å². The summed E-state index contributed by atoms with van der Waals surface area (Å²) in [5.41, 5.74) is 3.00. The summed E-state index contributed by atoms with van der Waals surface area (Å²) < 4.78 is 4.89. The number of rotatable bonds is 6. The van der Waals surface area contributed by atoms with Gasteiger partial charge in [0.25, 0.3) is 0 Å². The third-order valence-electron chi connectivity index (χ3n) is 3.15. The van der Waals surface area contributed by atoms with Crippen molar-refractivity contribution >= 4 is 11.7 Å². The van der Waals surface area contributed by atoms with Crippen LogP contribution in [0, 0.1) is 30.6 Å². The first-order chi connectivity index (χ1) is 10.6. The number of esters is 1. The molecular formula is C18H20N2O2. The summed E-state index contributed by atoms with van der Waals surface area (Å²) in [6.45, 7) is 6.21. The lowest BCUT2D eigenvalue weighted by Crippen LogP contribution is -2.21. The number of aryl methyl sites for hydroxylation is 2. The van der Waals surface area contributed by atoms with Gasteiger partial charge in [0, 0.05) is 11.9 Å². The maximum absolute atomic E-state index is 11.8. The Morgan fingerprint density at radius 2 is 2.18 bits per heavy atom. The molecule has 0 atom stereocenters. The van der Waals surface area contributed by atoms with Crippen molar-refractivity contribution in [1.82, 2.24) is 0 Å². The van der Waals surface area contributed by atoms with Gasteiger partial charge in [-0.2, -0.15) is 5.26 Å². The Morgan fingerprint density at radius 3 is 2.73 bits per heavy atom. The minimum atomic E-state index is -0.640. The molecular weight excluding hydrogens is 276 g/mol. The molecule has 4 nitrogen and oxygen atoms in total. The van der Waals surface area contributed by atoms with Crippen molar-refractivity contribution in [3.63, 3.8) is 0 Å². The number of benzene rings is 1. The van der Waals surface area contributed by atoms with Crippen molar-refractivity contribution in [2.24, 2.45) is 0 Å². The number of hydrogen-bond donors (Lipinski definition) is 0. The fourth-order valence-corrected chi connectivity index (χ4v) is 2.20. The van der Waals surface area contributed by atoms with Crippen molar-refractivity contribution < 1.29 is 9.53 Å². The fourth-order valence-electron chi connectivity index (χ4n) is 2.20. The quantitative estimate of drug-likeness (QED) is 0.350. The summed E-state index contributed by atoms with van der Waals surface area (Å²) in [6, 6.07) is 7.84. The highest BCUT2D eigenvalue weighted by Gasteiger charge is 2.16. The summed E-state index contributed by atoms with van der Waals surface area (Å²) in [4.78, 5) is 13.5. The number of nitrogens with zero attached hydrogens (tertiary/aromatic N) is 2. The molecule has 0 radical (unpaired) electrons. The Labute approximate surface area is 132 Å². The summed E-state index contributed by atoms with van der Waals surface area (Å²) >= 11 is 0. The smallest absolute Gasteiger partial charge is 0.350 e. The summed E-state index contributed by atoms with van der Waals surface area (Å²) in [5.74, 6) is 1.92. The summed E-state index contributed by atoms with van der Waals surface area (Å²) in [7, 11) is 0. The van der Waals surface area contributed by atoms with Crippen LogP contribution in [0.25, 0.3) is 0 Å². The van der Waals surface area contributed by atoms with Gasteiger partial charge < -0.3 is 9.64 Å². The third kappa shape index (κ3) is 4.14. The second-order valence-electron chi connectivity index (χ2n) is 4.64. The first-order valence-electron chi connectivity index (χ1n) is 7.16. The minimum absolute atomic E-state index is 0.0672. The number of terminal acetylenes is 1. The molecule has 0 N–H and O–H groups in total. The van der Waals surface area contributed by atoms with Crippen molar-refractivity contribution in [3.05, 3.63) is 41.1 Å². The lowest BCUT2D eigenvalue weighted by atomic mass is 10.0. The topological polar surface area (TPSA) is 53.3 Å². The van der Waals surface area contributed by atoms with Crippen LogP contribution in [0.4, 0.5) is 5.69 Å². The molecule has 0 fully saturated rings. The molecule has 1 aromatic carbocycles. The Bertz CT molecular complexity index is 648. The molecule has 0 amide bonds. The van der Waals surface area contributed by atoms with E-state index < -0.39 is 5.97 Å². The van der Waals surface area contributed by atoms with Gasteiger partial charge in [0.2, 0.25) is 0 Å². The van der Waals surface area contributed by atoms with Crippen LogP contribution in [0.2, 0.25) is 0 Å². The number of nitriles is 1. The van der Waals surface area contributed by atoms with E-state index in [0.29, 0.717) is 0 Å². The van der Waals surface area contributed by atoms with Gasteiger partial charge in [-0.25, -0.2) is 4.79 Å². The number of hydrogen-bond acceptors (Lipinski definition) is 4. The zero-order valence-electron chi connectivity index (χ0n) is 13.2. The Morgan fingerprint density at radius 1 is 1.45 bits per heavy atom. The molecule has 0 saturated carbocycles. The highest BCUT2D eigenvalue weighted by Crippen LogP contribution is 2.26. The van der Waals surface area contributed by atoms with E-state index in [0.717, 1.165) is 23.2 Å². The van der Waals surface area contributed by atoms with Gasteiger partial charge in [-0.1, -0.05) is 31.0 Å². The average Bonchev–Trinajstić information content (AvgIpc) is 2.51. The predicted molar refractivity (Wildman–Crippen MR) is 87.1 cm³/mol. The molecule has 22 heavy (non-hydrogen) atoms. The standard InChI is InChI=1S/C18H20N2O2/c1-5-11-20(13-16(12-19)18(21)22-7-3)17-14(4)9-8-10-15(17)6-2/h1,8-10,13H,6-7,11H2,2-4H3/b16-13+. The summed E-state index contributed by atoms with van der Waals surface area (Å²) in [6.07, 6.45) is 7.74. The number of carbonyl (C=O) groups is 1. The normalized spacial score (nSPS) is 10.5. The molecule has 114 valence electrons. The Hall–Kier alpha value is -2.72. The number of para-hydroxylation sites is 1. The molecule has 0 aliphatic rings. The van der Waals surface area contributed by atoms with E-state index in [1.54, 1.807) is 11.8 Å². The molecule has 1 rings (SSSR count). The van der Waals surface area contributed by atoms with E-state index in [1.807, 2.05) is 38.1 Å². The average molecular weight is 296 g/mol. The van der Waals surface area contributed by atoms with E-state index in [4.69, 9.17) is 11.2 Å². The zero-order valence-corrected chi connectivity index (χ0v) is 13.2. The zero-order chi connectivity index (χ0) is 16.5. The van der Waals surface area contributed by atoms with Crippen LogP contribution in [0.3, 0.4) is 0 Å². The largest absolute Gasteiger partial charge is 0.462 e. The van der Waals surface area contributed by atoms with E-state index in [2.05, 4.69) is 5.92 Å². The number of anilines is 1. The van der Waals surface area contributed by atoms with Gasteiger partial charge in [0.05, 0.1) is 13.2 Å². The van der Waals surface area contributed by atoms with Crippen molar-refractivity contribution in [1.29, 1.82) is 5.26 Å². The van der Waals surface area contributed by atoms with Crippen LogP contribution in [0.15, 0.2) is 30.0 Å². The highest BCUT2D eigenvalue weighted by molar-refractivity contribution is 5.93. The SMILES string of the molecule is C#CCN(/C=C(\C#N)C(=O)OCC)c1c(C)cccc1CC. The Kier molecular flexibility index (Phi) is 6.73. The third-order valence-corrected chi connectivity index (χ3v) is 3.15. The summed E-state index contributed by atoms with van der Waals surface area (Å²) in [5, 5.41) is 9.19. The molecule has 0 aliphatic heterocycles. The van der Waals surface area contributed by atoms with Crippen LogP contribution in [-0.4, -0.2) is 19.1 Å². The lowest BCUT2D eigenvalue weighted by molar-refractivity contribution is -0.138. The van der Waals surface area contributed by atoms with Crippen LogP contribution < -0.4 is 4.90 Å². The predicted octanol–water partition coefficient (Wildman–Crippen LogP) is 2.97. The lowest BCUT2D eigenvalue weighted by Gasteiger charge is -2.23. The van der Waals surface area contributed by atoms with E-state index in [-0.39, 0.29) is 18.7 Å². The molecule has 0 saturated heterocycles. The van der Waals surface area contributed by atoms with Gasteiger partial charge in [-0.05, 0) is 31.4 Å². The van der Waals surface area contributed by atoms with Crippen molar-refractivity contribution in [2.75, 3.05) is 18.1 Å². The van der Waals surface area contributed by atoms with Gasteiger partial charge in [-0.3, -0.25) is 0 Å². The minimum Gasteiger partial charge on any atom is -0.462 e. The van der Waals surface area contributed by atoms with Gasteiger partial charge >= 0.3 is 5.97 Å². The second kappa shape index (κ2) is 8.54. The molecule has 0 aromatic heterocycles. The molecule has 0 heterocycles. The van der Waals surface area contributed by atoms with Crippen LogP contribution in [-0.2, 0) is 16.0 Å². The van der Waals surface area contributed by atoms with E-state index in [1.165, 1.54) is 6.20 Å². The molecule has 4 heteroatoms. The highest BCUT2D eigenvalue weighted by atomic mass is 16.5. The molecule has 0 spiro atoms. The van der Waals surface area contributed by atoms with E-state index in [9.17, 15) is 10.1 Å². The first-order valence-corrected chi connectivity index (χ1v) is 7.16. The number of ether oxygens (including phenoxy) is 1. The van der Waals surface area contributed by atoms with E-state index >= 15 is 0 Å². The second-order valence-corrected chi connectivity index (χ2v) is 4.64. The molecule has 0 bridgehead atoms.